The van der Waals surface area contributed by atoms with E-state index >= 15 is 0 Å². The Morgan fingerprint density at radius 1 is 1.38 bits per heavy atom. The fraction of sp³-hybridized carbons (Fsp3) is 0.111. The molecule has 0 amide bonds. The van der Waals surface area contributed by atoms with Crippen LogP contribution in [0.1, 0.15) is 0 Å². The van der Waals surface area contributed by atoms with Crippen LogP contribution in [0.15, 0.2) is 24.4 Å². The van der Waals surface area contributed by atoms with Crippen molar-refractivity contribution in [2.24, 2.45) is 0 Å². The maximum Gasteiger partial charge on any atom is 0.215 e. The topological polar surface area (TPSA) is 55.2 Å². The highest BCUT2D eigenvalue weighted by atomic mass is 16.5. The number of methoxy groups -OCH3 is 1. The van der Waals surface area contributed by atoms with Gasteiger partial charge in [0.25, 0.3) is 0 Å². The van der Waals surface area contributed by atoms with Crippen molar-refractivity contribution in [3.63, 3.8) is 0 Å². The molecule has 0 aliphatic rings. The molecule has 0 spiro atoms. The van der Waals surface area contributed by atoms with Crippen LogP contribution in [0.25, 0.3) is 11.0 Å². The summed E-state index contributed by atoms with van der Waals surface area (Å²) in [5.74, 6) is 0.658. The van der Waals surface area contributed by atoms with E-state index < -0.39 is 0 Å². The highest BCUT2D eigenvalue weighted by Crippen LogP contribution is 2.18. The summed E-state index contributed by atoms with van der Waals surface area (Å²) in [7, 11) is 1.55. The summed E-state index contributed by atoms with van der Waals surface area (Å²) < 4.78 is 4.94. The number of pyridine rings is 2. The minimum atomic E-state index is 0.138. The first-order chi connectivity index (χ1) is 6.29. The van der Waals surface area contributed by atoms with Crippen molar-refractivity contribution >= 4 is 11.0 Å². The molecule has 2 aromatic heterocycles. The van der Waals surface area contributed by atoms with Crippen molar-refractivity contribution in [2.45, 2.75) is 0 Å². The second-order valence-electron chi connectivity index (χ2n) is 2.59. The number of hydrogen-bond acceptors (Lipinski definition) is 4. The van der Waals surface area contributed by atoms with Gasteiger partial charge in [-0.3, -0.25) is 0 Å². The van der Waals surface area contributed by atoms with E-state index in [0.29, 0.717) is 11.5 Å². The molecule has 4 heteroatoms. The Bertz CT molecular complexity index is 443. The third-order valence-electron chi connectivity index (χ3n) is 1.71. The van der Waals surface area contributed by atoms with Crippen molar-refractivity contribution in [3.05, 3.63) is 24.4 Å². The zero-order valence-corrected chi connectivity index (χ0v) is 7.06. The summed E-state index contributed by atoms with van der Waals surface area (Å²) in [6.45, 7) is 0. The zero-order chi connectivity index (χ0) is 9.26. The quantitative estimate of drug-likeness (QED) is 0.712. The van der Waals surface area contributed by atoms with Gasteiger partial charge in [-0.25, -0.2) is 4.98 Å². The third-order valence-corrected chi connectivity index (χ3v) is 1.71. The minimum Gasteiger partial charge on any atom is -0.506 e. The number of aromatic hydroxyl groups is 1. The van der Waals surface area contributed by atoms with Crippen molar-refractivity contribution in [3.8, 4) is 11.6 Å². The molecule has 66 valence electrons. The molecule has 4 nitrogen and oxygen atoms in total. The fourth-order valence-electron chi connectivity index (χ4n) is 1.10. The van der Waals surface area contributed by atoms with Crippen LogP contribution < -0.4 is 4.74 Å². The van der Waals surface area contributed by atoms with Gasteiger partial charge in [0.1, 0.15) is 5.75 Å². The first-order valence-electron chi connectivity index (χ1n) is 3.79. The maximum atomic E-state index is 9.14. The second-order valence-corrected chi connectivity index (χ2v) is 2.59. The van der Waals surface area contributed by atoms with E-state index in [9.17, 15) is 0 Å². The van der Waals surface area contributed by atoms with E-state index in [1.165, 1.54) is 6.20 Å². The third kappa shape index (κ3) is 1.38. The van der Waals surface area contributed by atoms with Gasteiger partial charge < -0.3 is 9.84 Å². The lowest BCUT2D eigenvalue weighted by atomic mass is 10.3. The first kappa shape index (κ1) is 7.79. The molecule has 1 N–H and O–H groups in total. The van der Waals surface area contributed by atoms with E-state index in [1.807, 2.05) is 0 Å². The minimum absolute atomic E-state index is 0.138. The number of hydrogen-bond donors (Lipinski definition) is 1. The van der Waals surface area contributed by atoms with Crippen LogP contribution >= 0.6 is 0 Å². The Morgan fingerprint density at radius 3 is 3.00 bits per heavy atom. The van der Waals surface area contributed by atoms with E-state index in [-0.39, 0.29) is 5.75 Å². The van der Waals surface area contributed by atoms with Gasteiger partial charge in [-0.1, -0.05) is 0 Å². The first-order valence-corrected chi connectivity index (χ1v) is 3.79. The van der Waals surface area contributed by atoms with Crippen LogP contribution in [0.4, 0.5) is 0 Å². The SMILES string of the molecule is COc1ccc2cc(O)cnc2n1. The van der Waals surface area contributed by atoms with Crippen LogP contribution in [0, 0.1) is 0 Å². The van der Waals surface area contributed by atoms with E-state index in [0.717, 1.165) is 5.39 Å². The molecule has 0 saturated carbocycles. The van der Waals surface area contributed by atoms with Crippen molar-refractivity contribution in [1.82, 2.24) is 9.97 Å². The Kier molecular flexibility index (Phi) is 1.73. The molecular weight excluding hydrogens is 168 g/mol. The maximum absolute atomic E-state index is 9.14. The highest BCUT2D eigenvalue weighted by molar-refractivity contribution is 5.76. The summed E-state index contributed by atoms with van der Waals surface area (Å²) >= 11 is 0. The summed E-state index contributed by atoms with van der Waals surface area (Å²) in [6, 6.07) is 5.13. The van der Waals surface area contributed by atoms with Gasteiger partial charge in [0.2, 0.25) is 5.88 Å². The summed E-state index contributed by atoms with van der Waals surface area (Å²) in [6.07, 6.45) is 1.36. The molecule has 0 saturated heterocycles. The van der Waals surface area contributed by atoms with Gasteiger partial charge in [0.05, 0.1) is 13.3 Å². The molecule has 2 rings (SSSR count). The van der Waals surface area contributed by atoms with Gasteiger partial charge in [0.15, 0.2) is 5.65 Å². The molecule has 2 heterocycles. The summed E-state index contributed by atoms with van der Waals surface area (Å²) in [5, 5.41) is 9.93. The van der Waals surface area contributed by atoms with Gasteiger partial charge in [-0.05, 0) is 12.1 Å². The van der Waals surface area contributed by atoms with Gasteiger partial charge in [-0.15, -0.1) is 0 Å². The Hall–Kier alpha value is -1.84. The fourth-order valence-corrected chi connectivity index (χ4v) is 1.10. The number of ether oxygens (including phenoxy) is 1. The summed E-state index contributed by atoms with van der Waals surface area (Å²) in [5.41, 5.74) is 0.567. The molecule has 2 aromatic rings. The predicted octanol–water partition coefficient (Wildman–Crippen LogP) is 1.34. The van der Waals surface area contributed by atoms with Crippen molar-refractivity contribution < 1.29 is 9.84 Å². The Labute approximate surface area is 74.8 Å². The molecular formula is C9H8N2O2. The van der Waals surface area contributed by atoms with Crippen molar-refractivity contribution in [1.29, 1.82) is 0 Å². The number of aromatic nitrogens is 2. The second kappa shape index (κ2) is 2.90. The van der Waals surface area contributed by atoms with Gasteiger partial charge in [-0.2, -0.15) is 4.98 Å². The van der Waals surface area contributed by atoms with Crippen LogP contribution in [0.3, 0.4) is 0 Å². The molecule has 0 unspecified atom stereocenters. The van der Waals surface area contributed by atoms with Crippen LogP contribution in [0.2, 0.25) is 0 Å². The van der Waals surface area contributed by atoms with Crippen molar-refractivity contribution in [2.75, 3.05) is 7.11 Å². The molecule has 0 atom stereocenters. The zero-order valence-electron chi connectivity index (χ0n) is 7.06. The average molecular weight is 176 g/mol. The number of fused-ring (bicyclic) bond motifs is 1. The lowest BCUT2D eigenvalue weighted by Crippen LogP contribution is -1.89. The van der Waals surface area contributed by atoms with Gasteiger partial charge >= 0.3 is 0 Å². The van der Waals surface area contributed by atoms with Crippen LogP contribution in [0.5, 0.6) is 11.6 Å². The monoisotopic (exact) mass is 176 g/mol. The normalized spacial score (nSPS) is 10.2. The van der Waals surface area contributed by atoms with Crippen LogP contribution in [-0.2, 0) is 0 Å². The molecule has 0 aliphatic carbocycles. The molecule has 0 radical (unpaired) electrons. The van der Waals surface area contributed by atoms with Gasteiger partial charge in [0, 0.05) is 11.5 Å². The molecule has 0 aromatic carbocycles. The highest BCUT2D eigenvalue weighted by Gasteiger charge is 1.99. The summed E-state index contributed by atoms with van der Waals surface area (Å²) in [4.78, 5) is 8.04. The van der Waals surface area contributed by atoms with E-state index in [2.05, 4.69) is 9.97 Å². The smallest absolute Gasteiger partial charge is 0.215 e. The van der Waals surface area contributed by atoms with E-state index in [1.54, 1.807) is 25.3 Å². The van der Waals surface area contributed by atoms with Crippen LogP contribution in [-0.4, -0.2) is 22.2 Å². The lowest BCUT2D eigenvalue weighted by Gasteiger charge is -2.00. The molecule has 13 heavy (non-hydrogen) atoms. The number of nitrogens with zero attached hydrogens (tertiary/aromatic N) is 2. The van der Waals surface area contributed by atoms with E-state index in [4.69, 9.17) is 9.84 Å². The molecule has 0 fully saturated rings. The number of rotatable bonds is 1. The molecule has 0 bridgehead atoms. The molecule has 0 aliphatic heterocycles. The Morgan fingerprint density at radius 2 is 2.23 bits per heavy atom. The predicted molar refractivity (Wildman–Crippen MR) is 47.8 cm³/mol. The largest absolute Gasteiger partial charge is 0.506 e. The lowest BCUT2D eigenvalue weighted by molar-refractivity contribution is 0.399. The average Bonchev–Trinajstić information content (AvgIpc) is 2.17. The standard InChI is InChI=1S/C9H8N2O2/c1-13-8-3-2-6-4-7(12)5-10-9(6)11-8/h2-5,12H,1H3. The Balaban J connectivity index is 2.66.